The van der Waals surface area contributed by atoms with Crippen LogP contribution in [0.3, 0.4) is 0 Å². The van der Waals surface area contributed by atoms with Crippen LogP contribution in [0.15, 0.2) is 59.0 Å². The third-order valence-corrected chi connectivity index (χ3v) is 4.36. The minimum absolute atomic E-state index is 0.227. The molecule has 1 aromatic heterocycles. The zero-order valence-electron chi connectivity index (χ0n) is 13.9. The van der Waals surface area contributed by atoms with Gasteiger partial charge in [0.2, 0.25) is 0 Å². The molecule has 5 heteroatoms. The summed E-state index contributed by atoms with van der Waals surface area (Å²) < 4.78 is 5.82. The van der Waals surface area contributed by atoms with Crippen molar-refractivity contribution in [1.29, 1.82) is 5.26 Å². The van der Waals surface area contributed by atoms with Crippen LogP contribution in [-0.4, -0.2) is 11.1 Å². The van der Waals surface area contributed by atoms with E-state index in [1.807, 2.05) is 0 Å². The third-order valence-electron chi connectivity index (χ3n) is 4.03. The van der Waals surface area contributed by atoms with Gasteiger partial charge in [-0.25, -0.2) is 4.79 Å². The molecule has 1 N–H and O–H groups in total. The molecule has 0 aliphatic carbocycles. The number of allylic oxidation sites excluding steroid dienone is 1. The molecular formula is C21H14ClNO3. The lowest BCUT2D eigenvalue weighted by molar-refractivity contribution is 0.0696. The Morgan fingerprint density at radius 2 is 1.85 bits per heavy atom. The van der Waals surface area contributed by atoms with Gasteiger partial charge in [-0.1, -0.05) is 41.9 Å². The molecule has 0 amide bonds. The van der Waals surface area contributed by atoms with E-state index < -0.39 is 5.97 Å². The summed E-state index contributed by atoms with van der Waals surface area (Å²) in [4.78, 5) is 11.3. The lowest BCUT2D eigenvalue weighted by Gasteiger charge is -2.06. The van der Waals surface area contributed by atoms with Gasteiger partial charge < -0.3 is 9.52 Å². The lowest BCUT2D eigenvalue weighted by Crippen LogP contribution is -2.00. The van der Waals surface area contributed by atoms with Crippen LogP contribution in [0.5, 0.6) is 0 Å². The molecule has 0 spiro atoms. The maximum Gasteiger partial charge on any atom is 0.335 e. The van der Waals surface area contributed by atoms with Crippen molar-refractivity contribution < 1.29 is 14.3 Å². The first-order valence-corrected chi connectivity index (χ1v) is 8.19. The van der Waals surface area contributed by atoms with E-state index in [-0.39, 0.29) is 5.56 Å². The van der Waals surface area contributed by atoms with E-state index in [0.717, 1.165) is 0 Å². The number of furan rings is 1. The Morgan fingerprint density at radius 1 is 1.12 bits per heavy atom. The fourth-order valence-electron chi connectivity index (χ4n) is 2.70. The monoisotopic (exact) mass is 363 g/mol. The van der Waals surface area contributed by atoms with Gasteiger partial charge in [0.1, 0.15) is 11.5 Å². The number of carboxylic acids is 1. The summed E-state index contributed by atoms with van der Waals surface area (Å²) in [6.45, 7) is 1.74. The largest absolute Gasteiger partial charge is 0.478 e. The van der Waals surface area contributed by atoms with Crippen LogP contribution in [-0.2, 0) is 0 Å². The Hall–Kier alpha value is -3.29. The van der Waals surface area contributed by atoms with Gasteiger partial charge in [0.15, 0.2) is 0 Å². The van der Waals surface area contributed by atoms with Crippen LogP contribution >= 0.6 is 11.6 Å². The highest BCUT2D eigenvalue weighted by Crippen LogP contribution is 2.30. The summed E-state index contributed by atoms with van der Waals surface area (Å²) in [5.41, 5.74) is 2.55. The van der Waals surface area contributed by atoms with Crippen molar-refractivity contribution in [2.24, 2.45) is 0 Å². The van der Waals surface area contributed by atoms with Gasteiger partial charge in [0, 0.05) is 16.1 Å². The van der Waals surface area contributed by atoms with E-state index in [1.165, 1.54) is 0 Å². The average molecular weight is 364 g/mol. The van der Waals surface area contributed by atoms with Crippen LogP contribution < -0.4 is 0 Å². The van der Waals surface area contributed by atoms with Gasteiger partial charge in [0.05, 0.1) is 17.2 Å². The highest BCUT2D eigenvalue weighted by Gasteiger charge is 2.14. The quantitative estimate of drug-likeness (QED) is 0.606. The molecule has 4 nitrogen and oxygen atoms in total. The molecule has 0 saturated heterocycles. The summed E-state index contributed by atoms with van der Waals surface area (Å²) in [5, 5.41) is 19.2. The molecule has 0 aliphatic rings. The molecule has 0 atom stereocenters. The van der Waals surface area contributed by atoms with Crippen molar-refractivity contribution >= 4 is 29.2 Å². The van der Waals surface area contributed by atoms with Gasteiger partial charge in [-0.15, -0.1) is 0 Å². The van der Waals surface area contributed by atoms with Crippen LogP contribution in [0.2, 0.25) is 5.02 Å². The van der Waals surface area contributed by atoms with Gasteiger partial charge in [-0.3, -0.25) is 0 Å². The number of nitriles is 1. The van der Waals surface area contributed by atoms with Crippen LogP contribution in [0, 0.1) is 18.3 Å². The number of aromatic carboxylic acids is 1. The van der Waals surface area contributed by atoms with E-state index in [1.54, 1.807) is 67.6 Å². The van der Waals surface area contributed by atoms with Gasteiger partial charge in [-0.2, -0.15) is 5.26 Å². The summed E-state index contributed by atoms with van der Waals surface area (Å²) in [5.74, 6) is 0.0337. The Balaban J connectivity index is 2.01. The zero-order chi connectivity index (χ0) is 18.7. The Kier molecular flexibility index (Phi) is 4.92. The highest BCUT2D eigenvalue weighted by atomic mass is 35.5. The van der Waals surface area contributed by atoms with E-state index in [0.29, 0.717) is 38.8 Å². The third kappa shape index (κ3) is 3.39. The molecule has 26 heavy (non-hydrogen) atoms. The highest BCUT2D eigenvalue weighted by molar-refractivity contribution is 6.32. The summed E-state index contributed by atoms with van der Waals surface area (Å²) in [7, 11) is 0. The van der Waals surface area contributed by atoms with E-state index in [4.69, 9.17) is 16.0 Å². The van der Waals surface area contributed by atoms with Crippen molar-refractivity contribution in [3.8, 4) is 17.4 Å². The number of hydrogen-bond acceptors (Lipinski definition) is 3. The minimum Gasteiger partial charge on any atom is -0.478 e. The molecular weight excluding hydrogens is 350 g/mol. The number of halogens is 1. The predicted molar refractivity (Wildman–Crippen MR) is 101 cm³/mol. The van der Waals surface area contributed by atoms with Crippen molar-refractivity contribution in [2.45, 2.75) is 6.92 Å². The molecule has 2 aromatic carbocycles. The number of nitrogens with zero attached hydrogens (tertiary/aromatic N) is 1. The SMILES string of the molecule is Cc1c(C(=O)O)cccc1-c1ccc(C=C(C#N)c2ccccc2Cl)o1. The molecule has 1 heterocycles. The smallest absolute Gasteiger partial charge is 0.335 e. The second kappa shape index (κ2) is 7.30. The second-order valence-corrected chi connectivity index (χ2v) is 6.04. The molecule has 3 rings (SSSR count). The van der Waals surface area contributed by atoms with Gasteiger partial charge >= 0.3 is 5.97 Å². The summed E-state index contributed by atoms with van der Waals surface area (Å²) in [6.07, 6.45) is 1.61. The average Bonchev–Trinajstić information content (AvgIpc) is 3.08. The second-order valence-electron chi connectivity index (χ2n) is 5.63. The normalized spacial score (nSPS) is 11.2. The number of rotatable bonds is 4. The van der Waals surface area contributed by atoms with Gasteiger partial charge in [0.25, 0.3) is 0 Å². The summed E-state index contributed by atoms with van der Waals surface area (Å²) >= 11 is 6.15. The minimum atomic E-state index is -0.985. The summed E-state index contributed by atoms with van der Waals surface area (Å²) in [6, 6.07) is 17.7. The first-order chi connectivity index (χ1) is 12.5. The Labute approximate surface area is 155 Å². The van der Waals surface area contributed by atoms with Crippen LogP contribution in [0.1, 0.15) is 27.2 Å². The van der Waals surface area contributed by atoms with E-state index in [9.17, 15) is 15.2 Å². The molecule has 0 saturated carbocycles. The standard InChI is InChI=1S/C21H14ClNO3/c1-13-16(6-4-7-17(13)21(24)25)20-10-9-15(26-20)11-14(12-23)18-5-2-3-8-19(18)22/h2-11H,1H3,(H,24,25). The number of benzene rings is 2. The first-order valence-electron chi connectivity index (χ1n) is 7.81. The fraction of sp³-hybridized carbons (Fsp3) is 0.0476. The Bertz CT molecular complexity index is 1060. The van der Waals surface area contributed by atoms with Crippen LogP contribution in [0.4, 0.5) is 0 Å². The number of carbonyl (C=O) groups is 1. The van der Waals surface area contributed by atoms with Crippen molar-refractivity contribution in [1.82, 2.24) is 0 Å². The fourth-order valence-corrected chi connectivity index (χ4v) is 2.94. The topological polar surface area (TPSA) is 74.2 Å². The predicted octanol–water partition coefficient (Wildman–Crippen LogP) is 5.67. The molecule has 0 unspecified atom stereocenters. The molecule has 0 radical (unpaired) electrons. The number of hydrogen-bond donors (Lipinski definition) is 1. The number of carboxylic acid groups (broad SMARTS) is 1. The zero-order valence-corrected chi connectivity index (χ0v) is 14.6. The Morgan fingerprint density at radius 3 is 2.54 bits per heavy atom. The van der Waals surface area contributed by atoms with Gasteiger partial charge in [-0.05, 0) is 42.8 Å². The molecule has 0 bridgehead atoms. The van der Waals surface area contributed by atoms with E-state index in [2.05, 4.69) is 6.07 Å². The molecule has 128 valence electrons. The molecule has 3 aromatic rings. The van der Waals surface area contributed by atoms with Crippen molar-refractivity contribution in [3.63, 3.8) is 0 Å². The molecule has 0 fully saturated rings. The van der Waals surface area contributed by atoms with Crippen molar-refractivity contribution in [3.05, 3.63) is 82.1 Å². The maximum atomic E-state index is 11.3. The first kappa shape index (κ1) is 17.5. The maximum absolute atomic E-state index is 11.3. The molecule has 0 aliphatic heterocycles. The lowest BCUT2D eigenvalue weighted by atomic mass is 10.0. The van der Waals surface area contributed by atoms with E-state index >= 15 is 0 Å². The van der Waals surface area contributed by atoms with Crippen LogP contribution in [0.25, 0.3) is 23.0 Å². The van der Waals surface area contributed by atoms with Crippen molar-refractivity contribution in [2.75, 3.05) is 0 Å².